The second-order valence-corrected chi connectivity index (χ2v) is 8.78. The lowest BCUT2D eigenvalue weighted by Gasteiger charge is -2.29. The third-order valence-electron chi connectivity index (χ3n) is 5.02. The van der Waals surface area contributed by atoms with E-state index in [2.05, 4.69) is 52.1 Å². The smallest absolute Gasteiger partial charge is 0.255 e. The topological polar surface area (TPSA) is 133 Å². The number of hydrogen-bond acceptors (Lipinski definition) is 6. The quantitative estimate of drug-likeness (QED) is 0.628. The number of aryl methyl sites for hydroxylation is 1. The van der Waals surface area contributed by atoms with Crippen LogP contribution in [0.2, 0.25) is 0 Å². The lowest BCUT2D eigenvalue weighted by molar-refractivity contribution is -0.131. The Morgan fingerprint density at radius 3 is 2.55 bits per heavy atom. The minimum Gasteiger partial charge on any atom is -0.344 e. The molecule has 1 saturated heterocycles. The van der Waals surface area contributed by atoms with Gasteiger partial charge in [0.05, 0.1) is 30.7 Å². The van der Waals surface area contributed by atoms with Crippen LogP contribution in [0, 0.1) is 23.2 Å². The number of amides is 2. The Balaban J connectivity index is 0.000000709. The zero-order chi connectivity index (χ0) is 24.0. The molecule has 10 heteroatoms. The van der Waals surface area contributed by atoms with Crippen molar-refractivity contribution in [2.75, 3.05) is 19.6 Å². The molecule has 3 aromatic heterocycles. The van der Waals surface area contributed by atoms with Crippen LogP contribution in [0.1, 0.15) is 44.0 Å². The normalized spacial score (nSPS) is 14.0. The molecule has 1 aliphatic heterocycles. The number of aromatic nitrogens is 5. The minimum absolute atomic E-state index is 0.00624. The Morgan fingerprint density at radius 1 is 1.24 bits per heavy atom. The van der Waals surface area contributed by atoms with Crippen LogP contribution in [-0.2, 0) is 11.8 Å². The molecular formula is C23H30N8O2. The predicted molar refractivity (Wildman–Crippen MR) is 124 cm³/mol. The van der Waals surface area contributed by atoms with Gasteiger partial charge >= 0.3 is 0 Å². The van der Waals surface area contributed by atoms with Crippen LogP contribution in [0.5, 0.6) is 0 Å². The van der Waals surface area contributed by atoms with Gasteiger partial charge in [0.15, 0.2) is 5.65 Å². The molecule has 10 nitrogen and oxygen atoms in total. The zero-order valence-electron chi connectivity index (χ0n) is 19.5. The van der Waals surface area contributed by atoms with Gasteiger partial charge in [-0.1, -0.05) is 20.8 Å². The van der Waals surface area contributed by atoms with E-state index in [1.54, 1.807) is 22.0 Å². The highest BCUT2D eigenvalue weighted by molar-refractivity contribution is 6.05. The number of imidazole rings is 1. The summed E-state index contributed by atoms with van der Waals surface area (Å²) in [7, 11) is 1.86. The molecule has 33 heavy (non-hydrogen) atoms. The molecule has 0 radical (unpaired) electrons. The van der Waals surface area contributed by atoms with Crippen LogP contribution >= 0.6 is 0 Å². The molecule has 2 N–H and O–H groups in total. The molecular weight excluding hydrogens is 420 g/mol. The van der Waals surface area contributed by atoms with E-state index in [1.165, 1.54) is 6.20 Å². The number of likely N-dealkylation sites (tertiary alicyclic amines) is 1. The van der Waals surface area contributed by atoms with E-state index < -0.39 is 5.91 Å². The Kier molecular flexibility index (Phi) is 7.77. The number of nitrogens with zero attached hydrogens (tertiary/aromatic N) is 6. The number of carbonyl (C=O) groups excluding carboxylic acids is 2. The Hall–Kier alpha value is -3.74. The Bertz CT molecular complexity index is 1150. The number of H-pyrrole nitrogens is 1. The summed E-state index contributed by atoms with van der Waals surface area (Å²) in [5.74, 6) is 0.283. The lowest BCUT2D eigenvalue weighted by Crippen LogP contribution is -2.44. The van der Waals surface area contributed by atoms with Crippen molar-refractivity contribution in [3.63, 3.8) is 0 Å². The van der Waals surface area contributed by atoms with Crippen molar-refractivity contribution < 1.29 is 9.59 Å². The average molecular weight is 451 g/mol. The highest BCUT2D eigenvalue weighted by Gasteiger charge is 2.23. The second-order valence-electron chi connectivity index (χ2n) is 8.78. The number of nitriles is 1. The Labute approximate surface area is 193 Å². The van der Waals surface area contributed by atoms with E-state index in [1.807, 2.05) is 13.2 Å². The molecule has 4 heterocycles. The summed E-state index contributed by atoms with van der Waals surface area (Å²) in [5.41, 5.74) is 2.45. The highest BCUT2D eigenvalue weighted by atomic mass is 16.2. The minimum atomic E-state index is -0.399. The SMILES string of the molecule is CC(C)C.Cn1cnc(-c2cnc3[nH]cc(C(=O)NCC(=O)N4CCC(C#N)CC4)c3n2)c1. The van der Waals surface area contributed by atoms with Crippen LogP contribution in [0.25, 0.3) is 22.6 Å². The number of piperidine rings is 1. The first kappa shape index (κ1) is 23.9. The first-order chi connectivity index (χ1) is 15.8. The van der Waals surface area contributed by atoms with Gasteiger partial charge in [-0.05, 0) is 18.8 Å². The summed E-state index contributed by atoms with van der Waals surface area (Å²) >= 11 is 0. The molecule has 1 aliphatic rings. The van der Waals surface area contributed by atoms with Crippen molar-refractivity contribution in [2.45, 2.75) is 33.6 Å². The van der Waals surface area contributed by atoms with Crippen LogP contribution < -0.4 is 5.32 Å². The molecule has 0 atom stereocenters. The summed E-state index contributed by atoms with van der Waals surface area (Å²) in [5, 5.41) is 11.6. The van der Waals surface area contributed by atoms with E-state index in [9.17, 15) is 9.59 Å². The van der Waals surface area contributed by atoms with Crippen LogP contribution in [0.15, 0.2) is 24.9 Å². The maximum Gasteiger partial charge on any atom is 0.255 e. The number of rotatable bonds is 4. The number of aromatic amines is 1. The first-order valence-corrected chi connectivity index (χ1v) is 11.1. The largest absolute Gasteiger partial charge is 0.344 e. The summed E-state index contributed by atoms with van der Waals surface area (Å²) in [6.07, 6.45) is 7.95. The number of fused-ring (bicyclic) bond motifs is 1. The van der Waals surface area contributed by atoms with Crippen molar-refractivity contribution in [3.05, 3.63) is 30.5 Å². The number of hydrogen-bond donors (Lipinski definition) is 2. The molecule has 4 rings (SSSR count). The summed E-state index contributed by atoms with van der Waals surface area (Å²) in [4.78, 5) is 42.7. The van der Waals surface area contributed by atoms with E-state index >= 15 is 0 Å². The van der Waals surface area contributed by atoms with Crippen molar-refractivity contribution in [2.24, 2.45) is 18.9 Å². The molecule has 0 spiro atoms. The molecule has 3 aromatic rings. The molecule has 0 aromatic carbocycles. The molecule has 0 aliphatic carbocycles. The summed E-state index contributed by atoms with van der Waals surface area (Å²) < 4.78 is 1.80. The van der Waals surface area contributed by atoms with E-state index in [0.717, 1.165) is 5.92 Å². The predicted octanol–water partition coefficient (Wildman–Crippen LogP) is 2.51. The van der Waals surface area contributed by atoms with Gasteiger partial charge in [-0.25, -0.2) is 15.0 Å². The van der Waals surface area contributed by atoms with Gasteiger partial charge in [0.2, 0.25) is 5.91 Å². The maximum absolute atomic E-state index is 12.6. The third-order valence-corrected chi connectivity index (χ3v) is 5.02. The zero-order valence-corrected chi connectivity index (χ0v) is 19.5. The van der Waals surface area contributed by atoms with Gasteiger partial charge in [0.1, 0.15) is 16.9 Å². The maximum atomic E-state index is 12.6. The third kappa shape index (κ3) is 6.16. The molecule has 174 valence electrons. The number of carbonyl (C=O) groups is 2. The molecule has 2 amide bonds. The van der Waals surface area contributed by atoms with Crippen LogP contribution in [0.3, 0.4) is 0 Å². The van der Waals surface area contributed by atoms with Gasteiger partial charge in [-0.15, -0.1) is 0 Å². The van der Waals surface area contributed by atoms with Crippen LogP contribution in [0.4, 0.5) is 0 Å². The van der Waals surface area contributed by atoms with Crippen molar-refractivity contribution >= 4 is 23.0 Å². The monoisotopic (exact) mass is 450 g/mol. The Morgan fingerprint density at radius 2 is 1.94 bits per heavy atom. The van der Waals surface area contributed by atoms with Crippen LogP contribution in [-0.4, -0.2) is 60.9 Å². The fourth-order valence-electron chi connectivity index (χ4n) is 3.35. The standard InChI is InChI=1S/C19H20N8O2.C4H10/c1-26-10-15(24-11-26)14-8-22-18-17(25-14)13(7-21-18)19(29)23-9-16(28)27-4-2-12(6-20)3-5-27;1-4(2)3/h7-8,10-12H,2-5,9H2,1H3,(H,21,22)(H,23,29);4H,1-3H3. The van der Waals surface area contributed by atoms with Gasteiger partial charge < -0.3 is 19.8 Å². The first-order valence-electron chi connectivity index (χ1n) is 11.1. The molecule has 0 saturated carbocycles. The molecule has 1 fully saturated rings. The highest BCUT2D eigenvalue weighted by Crippen LogP contribution is 2.20. The van der Waals surface area contributed by atoms with Crippen molar-refractivity contribution in [3.8, 4) is 17.5 Å². The fraction of sp³-hybridized carbons (Fsp3) is 0.478. The van der Waals surface area contributed by atoms with Gasteiger partial charge in [-0.2, -0.15) is 5.26 Å². The number of nitrogens with one attached hydrogen (secondary N) is 2. The van der Waals surface area contributed by atoms with Crippen molar-refractivity contribution in [1.82, 2.24) is 34.7 Å². The second kappa shape index (κ2) is 10.7. The van der Waals surface area contributed by atoms with E-state index in [-0.39, 0.29) is 18.4 Å². The average Bonchev–Trinajstić information content (AvgIpc) is 3.42. The van der Waals surface area contributed by atoms with Gasteiger partial charge in [-0.3, -0.25) is 9.59 Å². The summed E-state index contributed by atoms with van der Waals surface area (Å²) in [6.45, 7) is 7.48. The van der Waals surface area contributed by atoms with Crippen molar-refractivity contribution in [1.29, 1.82) is 5.26 Å². The lowest BCUT2D eigenvalue weighted by atomic mass is 9.99. The fourth-order valence-corrected chi connectivity index (χ4v) is 3.35. The molecule has 0 unspecified atom stereocenters. The van der Waals surface area contributed by atoms with E-state index in [4.69, 9.17) is 5.26 Å². The van der Waals surface area contributed by atoms with Gasteiger partial charge in [0.25, 0.3) is 5.91 Å². The molecule has 0 bridgehead atoms. The summed E-state index contributed by atoms with van der Waals surface area (Å²) in [6, 6.07) is 2.24. The van der Waals surface area contributed by atoms with Gasteiger partial charge in [0, 0.05) is 38.4 Å². The van der Waals surface area contributed by atoms with E-state index in [0.29, 0.717) is 54.0 Å².